The lowest BCUT2D eigenvalue weighted by Crippen LogP contribution is -2.16. The van der Waals surface area contributed by atoms with Gasteiger partial charge in [0.25, 0.3) is 0 Å². The molecule has 0 amide bonds. The highest BCUT2D eigenvalue weighted by Gasteiger charge is 2.17. The van der Waals surface area contributed by atoms with E-state index in [1.165, 1.54) is 25.7 Å². The zero-order valence-electron chi connectivity index (χ0n) is 10.5. The molecule has 0 rings (SSSR count). The summed E-state index contributed by atoms with van der Waals surface area (Å²) in [7, 11) is 0. The highest BCUT2D eigenvalue weighted by Crippen LogP contribution is 2.25. The fourth-order valence-corrected chi connectivity index (χ4v) is 2.76. The van der Waals surface area contributed by atoms with Gasteiger partial charge in [-0.25, -0.2) is 0 Å². The Bertz CT molecular complexity index is 153. The summed E-state index contributed by atoms with van der Waals surface area (Å²) < 4.78 is 0. The monoisotopic (exact) mass is 330 g/mol. The van der Waals surface area contributed by atoms with E-state index in [1.54, 1.807) is 0 Å². The van der Waals surface area contributed by atoms with Crippen molar-refractivity contribution in [3.63, 3.8) is 0 Å². The Morgan fingerprint density at radius 1 is 0.875 bits per heavy atom. The molecule has 98 valence electrons. The maximum absolute atomic E-state index is 6.31. The van der Waals surface area contributed by atoms with E-state index < -0.39 is 0 Å². The molecular weight excluding hydrogens is 307 g/mol. The van der Waals surface area contributed by atoms with E-state index in [-0.39, 0.29) is 5.38 Å². The summed E-state index contributed by atoms with van der Waals surface area (Å²) in [4.78, 5) is 0.420. The second-order valence-electron chi connectivity index (χ2n) is 4.49. The lowest BCUT2D eigenvalue weighted by Gasteiger charge is -2.17. The molecule has 0 bridgehead atoms. The van der Waals surface area contributed by atoms with Crippen molar-refractivity contribution in [1.82, 2.24) is 0 Å². The van der Waals surface area contributed by atoms with Gasteiger partial charge < -0.3 is 0 Å². The average Bonchev–Trinajstić information content (AvgIpc) is 2.30. The van der Waals surface area contributed by atoms with Crippen LogP contribution in [0.4, 0.5) is 0 Å². The Balaban J connectivity index is 3.57. The minimum atomic E-state index is 0.259. The van der Waals surface area contributed by atoms with Crippen LogP contribution < -0.4 is 0 Å². The SMILES string of the molecule is CCCCC(Cl)CCC(Br)C(Cl)CCCC. The molecule has 0 saturated heterocycles. The number of alkyl halides is 3. The Hall–Kier alpha value is 1.06. The summed E-state index contributed by atoms with van der Waals surface area (Å²) in [5.41, 5.74) is 0. The maximum atomic E-state index is 6.31. The molecule has 3 unspecified atom stereocenters. The molecule has 16 heavy (non-hydrogen) atoms. The summed E-state index contributed by atoms with van der Waals surface area (Å²) in [5, 5.41) is 0.588. The normalized spacial score (nSPS) is 17.1. The lowest BCUT2D eigenvalue weighted by atomic mass is 10.1. The molecule has 0 aromatic carbocycles. The third-order valence-electron chi connectivity index (χ3n) is 2.85. The maximum Gasteiger partial charge on any atom is 0.0461 e. The van der Waals surface area contributed by atoms with E-state index >= 15 is 0 Å². The Labute approximate surface area is 120 Å². The molecule has 0 saturated carbocycles. The van der Waals surface area contributed by atoms with Gasteiger partial charge in [0, 0.05) is 15.6 Å². The van der Waals surface area contributed by atoms with Gasteiger partial charge in [-0.15, -0.1) is 23.2 Å². The molecular formula is C13H25BrCl2. The summed E-state index contributed by atoms with van der Waals surface area (Å²) >= 11 is 16.2. The third kappa shape index (κ3) is 9.13. The molecule has 0 aliphatic rings. The van der Waals surface area contributed by atoms with Crippen LogP contribution in [0.2, 0.25) is 0 Å². The van der Waals surface area contributed by atoms with Gasteiger partial charge in [0.15, 0.2) is 0 Å². The van der Waals surface area contributed by atoms with Crippen molar-refractivity contribution in [2.75, 3.05) is 0 Å². The molecule has 3 atom stereocenters. The van der Waals surface area contributed by atoms with Crippen molar-refractivity contribution >= 4 is 39.1 Å². The van der Waals surface area contributed by atoms with Crippen LogP contribution in [-0.4, -0.2) is 15.6 Å². The molecule has 0 aliphatic carbocycles. The first-order chi connectivity index (χ1) is 7.61. The predicted octanol–water partition coefficient (Wildman–Crippen LogP) is 6.13. The second-order valence-corrected chi connectivity index (χ2v) is 6.85. The smallest absolute Gasteiger partial charge is 0.0461 e. The molecule has 0 spiro atoms. The number of unbranched alkanes of at least 4 members (excludes halogenated alkanes) is 2. The van der Waals surface area contributed by atoms with Crippen LogP contribution in [0.5, 0.6) is 0 Å². The minimum Gasteiger partial charge on any atom is -0.123 e. The Kier molecular flexibility index (Phi) is 11.9. The van der Waals surface area contributed by atoms with E-state index in [4.69, 9.17) is 23.2 Å². The van der Waals surface area contributed by atoms with Gasteiger partial charge in [-0.05, 0) is 25.7 Å². The van der Waals surface area contributed by atoms with Crippen LogP contribution in [0.1, 0.15) is 65.2 Å². The minimum absolute atomic E-state index is 0.259. The van der Waals surface area contributed by atoms with Crippen molar-refractivity contribution in [2.45, 2.75) is 80.8 Å². The second kappa shape index (κ2) is 11.2. The van der Waals surface area contributed by atoms with Crippen molar-refractivity contribution < 1.29 is 0 Å². The van der Waals surface area contributed by atoms with Crippen LogP contribution in [0.25, 0.3) is 0 Å². The van der Waals surface area contributed by atoms with E-state index in [9.17, 15) is 0 Å². The van der Waals surface area contributed by atoms with Gasteiger partial charge in [0.05, 0.1) is 0 Å². The molecule has 0 heterocycles. The van der Waals surface area contributed by atoms with Crippen LogP contribution >= 0.6 is 39.1 Å². The highest BCUT2D eigenvalue weighted by atomic mass is 79.9. The van der Waals surface area contributed by atoms with Gasteiger partial charge in [-0.2, -0.15) is 0 Å². The quantitative estimate of drug-likeness (QED) is 0.423. The Morgan fingerprint density at radius 3 is 2.00 bits per heavy atom. The van der Waals surface area contributed by atoms with Crippen LogP contribution in [-0.2, 0) is 0 Å². The van der Waals surface area contributed by atoms with Gasteiger partial charge >= 0.3 is 0 Å². The number of halogens is 3. The first-order valence-corrected chi connectivity index (χ1v) is 8.32. The zero-order chi connectivity index (χ0) is 12.4. The zero-order valence-corrected chi connectivity index (χ0v) is 13.6. The first kappa shape index (κ1) is 17.1. The molecule has 0 aromatic heterocycles. The molecule has 0 aromatic rings. The van der Waals surface area contributed by atoms with Crippen LogP contribution in [0.15, 0.2) is 0 Å². The summed E-state index contributed by atoms with van der Waals surface area (Å²) in [5.74, 6) is 0. The third-order valence-corrected chi connectivity index (χ3v) is 5.21. The van der Waals surface area contributed by atoms with Crippen LogP contribution in [0.3, 0.4) is 0 Å². The Morgan fingerprint density at radius 2 is 1.44 bits per heavy atom. The van der Waals surface area contributed by atoms with Crippen molar-refractivity contribution in [3.05, 3.63) is 0 Å². The molecule has 0 aliphatic heterocycles. The van der Waals surface area contributed by atoms with Gasteiger partial charge in [0.1, 0.15) is 0 Å². The number of hydrogen-bond acceptors (Lipinski definition) is 0. The standard InChI is InChI=1S/C13H25BrCl2/c1-3-5-7-11(15)9-10-12(14)13(16)8-6-4-2/h11-13H,3-10H2,1-2H3. The van der Waals surface area contributed by atoms with Gasteiger partial charge in [-0.3, -0.25) is 0 Å². The summed E-state index contributed by atoms with van der Waals surface area (Å²) in [6.07, 6.45) is 9.32. The van der Waals surface area contributed by atoms with Crippen molar-refractivity contribution in [2.24, 2.45) is 0 Å². The topological polar surface area (TPSA) is 0 Å². The van der Waals surface area contributed by atoms with E-state index in [1.807, 2.05) is 0 Å². The molecule has 0 fully saturated rings. The molecule has 0 N–H and O–H groups in total. The van der Waals surface area contributed by atoms with Crippen LogP contribution in [0, 0.1) is 0 Å². The molecule has 3 heteroatoms. The van der Waals surface area contributed by atoms with E-state index in [0.29, 0.717) is 10.2 Å². The van der Waals surface area contributed by atoms with E-state index in [0.717, 1.165) is 25.7 Å². The summed E-state index contributed by atoms with van der Waals surface area (Å²) in [6, 6.07) is 0. The fraction of sp³-hybridized carbons (Fsp3) is 1.00. The number of hydrogen-bond donors (Lipinski definition) is 0. The highest BCUT2D eigenvalue weighted by molar-refractivity contribution is 9.09. The molecule has 0 nitrogen and oxygen atoms in total. The first-order valence-electron chi connectivity index (χ1n) is 6.54. The average molecular weight is 332 g/mol. The number of rotatable bonds is 10. The largest absolute Gasteiger partial charge is 0.123 e. The lowest BCUT2D eigenvalue weighted by molar-refractivity contribution is 0.576. The van der Waals surface area contributed by atoms with Crippen molar-refractivity contribution in [1.29, 1.82) is 0 Å². The van der Waals surface area contributed by atoms with Crippen molar-refractivity contribution in [3.8, 4) is 0 Å². The van der Waals surface area contributed by atoms with Gasteiger partial charge in [-0.1, -0.05) is 55.5 Å². The van der Waals surface area contributed by atoms with Gasteiger partial charge in [0.2, 0.25) is 0 Å². The van der Waals surface area contributed by atoms with E-state index in [2.05, 4.69) is 29.8 Å². The summed E-state index contributed by atoms with van der Waals surface area (Å²) in [6.45, 7) is 4.41. The fourth-order valence-electron chi connectivity index (χ4n) is 1.67. The predicted molar refractivity (Wildman–Crippen MR) is 80.3 cm³/mol. The molecule has 0 radical (unpaired) electrons.